The summed E-state index contributed by atoms with van der Waals surface area (Å²) in [5.74, 6) is -0.278. The normalized spacial score (nSPS) is 18.7. The van der Waals surface area contributed by atoms with Gasteiger partial charge in [-0.15, -0.1) is 0 Å². The first-order valence-corrected chi connectivity index (χ1v) is 5.61. The molecule has 0 saturated heterocycles. The van der Waals surface area contributed by atoms with Crippen LogP contribution in [-0.4, -0.2) is 48.8 Å². The third-order valence-corrected chi connectivity index (χ3v) is 3.09. The Morgan fingerprint density at radius 1 is 1.60 bits per heavy atom. The number of aliphatic hydroxyl groups excluding tert-OH is 1. The van der Waals surface area contributed by atoms with Gasteiger partial charge in [0.05, 0.1) is 19.6 Å². The molecule has 1 aliphatic carbocycles. The van der Waals surface area contributed by atoms with Gasteiger partial charge in [0.15, 0.2) is 0 Å². The minimum atomic E-state index is -0.169. The van der Waals surface area contributed by atoms with Crippen molar-refractivity contribution in [3.63, 3.8) is 0 Å². The molecule has 1 fully saturated rings. The van der Waals surface area contributed by atoms with Gasteiger partial charge in [-0.25, -0.2) is 0 Å². The molecule has 4 nitrogen and oxygen atoms in total. The Hall–Kier alpha value is -0.610. The Kier molecular flexibility index (Phi) is 5.05. The van der Waals surface area contributed by atoms with E-state index in [9.17, 15) is 4.79 Å². The Bertz CT molecular complexity index is 204. The Labute approximate surface area is 91.2 Å². The summed E-state index contributed by atoms with van der Waals surface area (Å²) in [6.45, 7) is 3.38. The minimum Gasteiger partial charge on any atom is -0.469 e. The smallest absolute Gasteiger partial charge is 0.309 e. The van der Waals surface area contributed by atoms with Crippen LogP contribution in [0.5, 0.6) is 0 Å². The number of rotatable bonds is 6. The van der Waals surface area contributed by atoms with Gasteiger partial charge in [0, 0.05) is 19.1 Å². The van der Waals surface area contributed by atoms with Crippen LogP contribution in [-0.2, 0) is 9.53 Å². The summed E-state index contributed by atoms with van der Waals surface area (Å²) >= 11 is 0. The molecule has 0 aromatic rings. The van der Waals surface area contributed by atoms with Gasteiger partial charge in [-0.3, -0.25) is 9.69 Å². The van der Waals surface area contributed by atoms with E-state index in [0.717, 1.165) is 0 Å². The van der Waals surface area contributed by atoms with Gasteiger partial charge in [0.1, 0.15) is 0 Å². The quantitative estimate of drug-likeness (QED) is 0.661. The molecule has 0 amide bonds. The lowest BCUT2D eigenvalue weighted by molar-refractivity contribution is -0.145. The molecule has 0 bridgehead atoms. The standard InChI is InChI=1S/C11H21NO3/c1-9(11(14)15-2)8-12(6-7-13)10-4-3-5-10/h9-10,13H,3-8H2,1-2H3. The molecule has 15 heavy (non-hydrogen) atoms. The van der Waals surface area contributed by atoms with Crippen molar-refractivity contribution in [2.75, 3.05) is 26.8 Å². The van der Waals surface area contributed by atoms with E-state index in [-0.39, 0.29) is 18.5 Å². The van der Waals surface area contributed by atoms with E-state index in [1.807, 2.05) is 6.92 Å². The van der Waals surface area contributed by atoms with Crippen LogP contribution in [0.4, 0.5) is 0 Å². The highest BCUT2D eigenvalue weighted by atomic mass is 16.5. The Morgan fingerprint density at radius 3 is 2.67 bits per heavy atom. The van der Waals surface area contributed by atoms with Gasteiger partial charge >= 0.3 is 5.97 Å². The first-order chi connectivity index (χ1) is 7.19. The molecule has 0 spiro atoms. The molecule has 0 aliphatic heterocycles. The molecule has 0 aromatic carbocycles. The van der Waals surface area contributed by atoms with E-state index in [0.29, 0.717) is 19.1 Å². The molecule has 0 heterocycles. The van der Waals surface area contributed by atoms with Crippen LogP contribution < -0.4 is 0 Å². The second-order valence-electron chi connectivity index (χ2n) is 4.23. The van der Waals surface area contributed by atoms with Crippen molar-refractivity contribution < 1.29 is 14.6 Å². The van der Waals surface area contributed by atoms with Gasteiger partial charge in [0.2, 0.25) is 0 Å². The van der Waals surface area contributed by atoms with Crippen molar-refractivity contribution >= 4 is 5.97 Å². The fourth-order valence-electron chi connectivity index (χ4n) is 1.93. The van der Waals surface area contributed by atoms with Crippen LogP contribution in [0.1, 0.15) is 26.2 Å². The highest BCUT2D eigenvalue weighted by Gasteiger charge is 2.27. The van der Waals surface area contributed by atoms with E-state index in [4.69, 9.17) is 9.84 Å². The first-order valence-electron chi connectivity index (χ1n) is 5.61. The second-order valence-corrected chi connectivity index (χ2v) is 4.23. The maximum atomic E-state index is 11.3. The highest BCUT2D eigenvalue weighted by Crippen LogP contribution is 2.25. The van der Waals surface area contributed by atoms with Gasteiger partial charge in [-0.05, 0) is 12.8 Å². The summed E-state index contributed by atoms with van der Waals surface area (Å²) in [6, 6.07) is 0.559. The van der Waals surface area contributed by atoms with Crippen molar-refractivity contribution in [1.29, 1.82) is 0 Å². The molecule has 4 heteroatoms. The summed E-state index contributed by atoms with van der Waals surface area (Å²) in [7, 11) is 1.42. The topological polar surface area (TPSA) is 49.8 Å². The lowest BCUT2D eigenvalue weighted by Crippen LogP contribution is -2.45. The van der Waals surface area contributed by atoms with E-state index < -0.39 is 0 Å². The summed E-state index contributed by atoms with van der Waals surface area (Å²) in [6.07, 6.45) is 3.64. The number of ether oxygens (including phenoxy) is 1. The van der Waals surface area contributed by atoms with Gasteiger partial charge in [0.25, 0.3) is 0 Å². The fraction of sp³-hybridized carbons (Fsp3) is 0.909. The molecule has 0 aromatic heterocycles. The number of carbonyl (C=O) groups is 1. The summed E-state index contributed by atoms with van der Waals surface area (Å²) in [5, 5.41) is 8.96. The third kappa shape index (κ3) is 3.47. The van der Waals surface area contributed by atoms with Crippen LogP contribution in [0.25, 0.3) is 0 Å². The SMILES string of the molecule is COC(=O)C(C)CN(CCO)C1CCC1. The maximum absolute atomic E-state index is 11.3. The molecule has 1 atom stereocenters. The van der Waals surface area contributed by atoms with Crippen molar-refractivity contribution in [2.45, 2.75) is 32.2 Å². The van der Waals surface area contributed by atoms with Gasteiger partial charge in [-0.1, -0.05) is 13.3 Å². The zero-order valence-corrected chi connectivity index (χ0v) is 9.61. The van der Waals surface area contributed by atoms with Crippen LogP contribution in [0.3, 0.4) is 0 Å². The summed E-state index contributed by atoms with van der Waals surface area (Å²) < 4.78 is 4.69. The highest BCUT2D eigenvalue weighted by molar-refractivity contribution is 5.72. The lowest BCUT2D eigenvalue weighted by Gasteiger charge is -2.38. The van der Waals surface area contributed by atoms with E-state index in [1.165, 1.54) is 26.4 Å². The summed E-state index contributed by atoms with van der Waals surface area (Å²) in [5.41, 5.74) is 0. The zero-order chi connectivity index (χ0) is 11.3. The number of carbonyl (C=O) groups excluding carboxylic acids is 1. The fourth-order valence-corrected chi connectivity index (χ4v) is 1.93. The van der Waals surface area contributed by atoms with Crippen molar-refractivity contribution in [3.05, 3.63) is 0 Å². The number of hydrogen-bond acceptors (Lipinski definition) is 4. The number of nitrogens with zero attached hydrogens (tertiary/aromatic N) is 1. The molecule has 0 radical (unpaired) electrons. The van der Waals surface area contributed by atoms with Crippen LogP contribution >= 0.6 is 0 Å². The molecule has 1 aliphatic rings. The number of hydrogen-bond donors (Lipinski definition) is 1. The maximum Gasteiger partial charge on any atom is 0.309 e. The number of methoxy groups -OCH3 is 1. The van der Waals surface area contributed by atoms with Crippen LogP contribution in [0, 0.1) is 5.92 Å². The predicted molar refractivity (Wildman–Crippen MR) is 57.5 cm³/mol. The monoisotopic (exact) mass is 215 g/mol. The van der Waals surface area contributed by atoms with E-state index >= 15 is 0 Å². The molecule has 88 valence electrons. The third-order valence-electron chi connectivity index (χ3n) is 3.09. The van der Waals surface area contributed by atoms with E-state index in [2.05, 4.69) is 4.90 Å². The van der Waals surface area contributed by atoms with Crippen molar-refractivity contribution in [3.8, 4) is 0 Å². The molecular formula is C11H21NO3. The second kappa shape index (κ2) is 6.08. The number of aliphatic hydroxyl groups is 1. The molecule has 1 unspecified atom stereocenters. The predicted octanol–water partition coefficient (Wildman–Crippen LogP) is 0.642. The van der Waals surface area contributed by atoms with Gasteiger partial charge in [-0.2, -0.15) is 0 Å². The van der Waals surface area contributed by atoms with Crippen molar-refractivity contribution in [1.82, 2.24) is 4.90 Å². The van der Waals surface area contributed by atoms with E-state index in [1.54, 1.807) is 0 Å². The summed E-state index contributed by atoms with van der Waals surface area (Å²) in [4.78, 5) is 13.5. The van der Waals surface area contributed by atoms with Gasteiger partial charge < -0.3 is 9.84 Å². The van der Waals surface area contributed by atoms with Crippen LogP contribution in [0.15, 0.2) is 0 Å². The molecule has 1 rings (SSSR count). The molecular weight excluding hydrogens is 194 g/mol. The van der Waals surface area contributed by atoms with Crippen LogP contribution in [0.2, 0.25) is 0 Å². The van der Waals surface area contributed by atoms with Crippen molar-refractivity contribution in [2.24, 2.45) is 5.92 Å². The lowest BCUT2D eigenvalue weighted by atomic mass is 9.91. The average Bonchev–Trinajstić information content (AvgIpc) is 2.14. The molecule has 1 N–H and O–H groups in total. The average molecular weight is 215 g/mol. The Morgan fingerprint density at radius 2 is 2.27 bits per heavy atom. The Balaban J connectivity index is 2.38. The number of esters is 1. The minimum absolute atomic E-state index is 0.109. The largest absolute Gasteiger partial charge is 0.469 e. The molecule has 1 saturated carbocycles. The zero-order valence-electron chi connectivity index (χ0n) is 9.61. The first kappa shape index (κ1) is 12.5.